The van der Waals surface area contributed by atoms with Gasteiger partial charge in [-0.05, 0) is 87.4 Å². The number of carbonyl (C=O) groups is 2. The summed E-state index contributed by atoms with van der Waals surface area (Å²) in [5.41, 5.74) is 6.63. The number of nitrogens with one attached hydrogen (secondary N) is 4. The van der Waals surface area contributed by atoms with E-state index in [9.17, 15) is 9.59 Å². The van der Waals surface area contributed by atoms with Gasteiger partial charge >= 0.3 is 0 Å². The molecule has 1 aliphatic rings. The minimum atomic E-state index is -0.266. The van der Waals surface area contributed by atoms with E-state index in [1.54, 1.807) is 24.4 Å². The average Bonchev–Trinajstić information content (AvgIpc) is 2.98. The van der Waals surface area contributed by atoms with Crippen molar-refractivity contribution in [3.05, 3.63) is 94.3 Å². The van der Waals surface area contributed by atoms with Crippen molar-refractivity contribution in [2.45, 2.75) is 52.5 Å². The highest BCUT2D eigenvalue weighted by Crippen LogP contribution is 2.30. The van der Waals surface area contributed by atoms with Crippen LogP contribution in [-0.4, -0.2) is 54.1 Å². The van der Waals surface area contributed by atoms with Crippen LogP contribution in [0.1, 0.15) is 76.9 Å². The first-order valence-electron chi connectivity index (χ1n) is 14.1. The summed E-state index contributed by atoms with van der Waals surface area (Å²) in [6.45, 7) is 9.28. The van der Waals surface area contributed by atoms with Crippen LogP contribution >= 0.6 is 0 Å². The van der Waals surface area contributed by atoms with Crippen molar-refractivity contribution in [1.29, 1.82) is 5.41 Å². The number of anilines is 2. The quantitative estimate of drug-likeness (QED) is 0.241. The summed E-state index contributed by atoms with van der Waals surface area (Å²) in [5, 5.41) is 17.0. The van der Waals surface area contributed by atoms with Crippen LogP contribution in [-0.2, 0) is 0 Å². The lowest BCUT2D eigenvalue weighted by atomic mass is 9.88. The lowest BCUT2D eigenvalue weighted by Crippen LogP contribution is -2.38. The van der Waals surface area contributed by atoms with Crippen molar-refractivity contribution in [1.82, 2.24) is 15.2 Å². The molecule has 8 heteroatoms. The van der Waals surface area contributed by atoms with Gasteiger partial charge in [0.2, 0.25) is 0 Å². The Bertz CT molecular complexity index is 1420. The molecule has 4 N–H and O–H groups in total. The van der Waals surface area contributed by atoms with Gasteiger partial charge in [-0.1, -0.05) is 30.3 Å². The van der Waals surface area contributed by atoms with Crippen LogP contribution in [0.25, 0.3) is 5.57 Å². The van der Waals surface area contributed by atoms with E-state index >= 15 is 0 Å². The average molecular weight is 553 g/mol. The van der Waals surface area contributed by atoms with Crippen LogP contribution in [0.4, 0.5) is 11.5 Å². The van der Waals surface area contributed by atoms with E-state index in [1.807, 2.05) is 51.8 Å². The normalized spacial score (nSPS) is 14.3. The predicted octanol–water partition coefficient (Wildman–Crippen LogP) is 6.08. The molecule has 4 rings (SSSR count). The van der Waals surface area contributed by atoms with E-state index in [0.29, 0.717) is 35.8 Å². The van der Waals surface area contributed by atoms with Gasteiger partial charge in [-0.25, -0.2) is 4.98 Å². The Labute approximate surface area is 242 Å². The maximum atomic E-state index is 13.4. The SMILES string of the molecule is CN/C(C)=C(\C=N)c1ccc(C2CCN(C(=O)c3ccc(C)c(NC(=O)c4ccc(NC(C)C)nc4)c3)CC2)cc1. The number of allylic oxidation sites excluding steroid dienone is 2. The Kier molecular flexibility index (Phi) is 9.55. The Morgan fingerprint density at radius 1 is 1.00 bits per heavy atom. The highest BCUT2D eigenvalue weighted by Gasteiger charge is 2.25. The predicted molar refractivity (Wildman–Crippen MR) is 167 cm³/mol. The molecule has 41 heavy (non-hydrogen) atoms. The van der Waals surface area contributed by atoms with Crippen LogP contribution < -0.4 is 16.0 Å². The standard InChI is InChI=1S/C33H40N6O2/c1-21(2)37-31-13-12-28(20-36-31)32(40)38-30-18-27(7-6-22(30)3)33(41)39-16-14-25(15-17-39)24-8-10-26(11-9-24)29(19-34)23(4)35-5/h6-13,18-21,25,34-35H,14-17H2,1-5H3,(H,36,37)(H,38,40)/b29-23+,34-19?. The van der Waals surface area contributed by atoms with Gasteiger partial charge in [-0.3, -0.25) is 9.59 Å². The first-order valence-corrected chi connectivity index (χ1v) is 14.1. The van der Waals surface area contributed by atoms with Gasteiger partial charge in [-0.2, -0.15) is 0 Å². The van der Waals surface area contributed by atoms with Gasteiger partial charge in [0, 0.05) is 61.1 Å². The fourth-order valence-corrected chi connectivity index (χ4v) is 5.07. The largest absolute Gasteiger partial charge is 0.391 e. The molecule has 3 aromatic rings. The maximum Gasteiger partial charge on any atom is 0.257 e. The van der Waals surface area contributed by atoms with E-state index in [2.05, 4.69) is 45.2 Å². The number of aryl methyl sites for hydroxylation is 1. The smallest absolute Gasteiger partial charge is 0.257 e. The first-order chi connectivity index (χ1) is 19.7. The van der Waals surface area contributed by atoms with E-state index < -0.39 is 0 Å². The van der Waals surface area contributed by atoms with Crippen molar-refractivity contribution < 1.29 is 9.59 Å². The fraction of sp³-hybridized carbons (Fsp3) is 0.333. The Balaban J connectivity index is 1.38. The summed E-state index contributed by atoms with van der Waals surface area (Å²) in [4.78, 5) is 32.5. The number of nitrogens with zero attached hydrogens (tertiary/aromatic N) is 2. The molecule has 1 aromatic heterocycles. The van der Waals surface area contributed by atoms with Crippen LogP contribution in [0.3, 0.4) is 0 Å². The van der Waals surface area contributed by atoms with Crippen molar-refractivity contribution >= 4 is 35.1 Å². The molecule has 0 aliphatic carbocycles. The van der Waals surface area contributed by atoms with E-state index in [1.165, 1.54) is 11.8 Å². The van der Waals surface area contributed by atoms with Crippen LogP contribution in [0.5, 0.6) is 0 Å². The zero-order valence-corrected chi connectivity index (χ0v) is 24.5. The number of hydrogen-bond donors (Lipinski definition) is 4. The number of piperidine rings is 1. The molecule has 8 nitrogen and oxygen atoms in total. The van der Waals surface area contributed by atoms with Crippen LogP contribution in [0, 0.1) is 12.3 Å². The van der Waals surface area contributed by atoms with E-state index in [4.69, 9.17) is 5.41 Å². The van der Waals surface area contributed by atoms with Crippen molar-refractivity contribution in [3.63, 3.8) is 0 Å². The zero-order chi connectivity index (χ0) is 29.5. The number of amides is 2. The van der Waals surface area contributed by atoms with Crippen LogP contribution in [0.2, 0.25) is 0 Å². The first kappa shape index (κ1) is 29.5. The molecule has 0 saturated carbocycles. The highest BCUT2D eigenvalue weighted by atomic mass is 16.2. The van der Waals surface area contributed by atoms with Gasteiger partial charge in [0.15, 0.2) is 0 Å². The second kappa shape index (κ2) is 13.3. The molecule has 2 amide bonds. The van der Waals surface area contributed by atoms with Gasteiger partial charge in [0.05, 0.1) is 5.56 Å². The topological polar surface area (TPSA) is 110 Å². The summed E-state index contributed by atoms with van der Waals surface area (Å²) in [5.74, 6) is 0.810. The van der Waals surface area contributed by atoms with Crippen molar-refractivity contribution in [2.75, 3.05) is 30.8 Å². The van der Waals surface area contributed by atoms with Gasteiger partial charge in [0.1, 0.15) is 5.82 Å². The Morgan fingerprint density at radius 2 is 1.66 bits per heavy atom. The van der Waals surface area contributed by atoms with Gasteiger partial charge in [0.25, 0.3) is 11.8 Å². The minimum Gasteiger partial charge on any atom is -0.391 e. The summed E-state index contributed by atoms with van der Waals surface area (Å²) in [6.07, 6.45) is 4.71. The molecular weight excluding hydrogens is 512 g/mol. The third-order valence-corrected chi connectivity index (χ3v) is 7.59. The maximum absolute atomic E-state index is 13.4. The van der Waals surface area contributed by atoms with Crippen molar-refractivity contribution in [2.24, 2.45) is 0 Å². The lowest BCUT2D eigenvalue weighted by molar-refractivity contribution is 0.0712. The molecule has 0 unspecified atom stereocenters. The number of benzene rings is 2. The summed E-state index contributed by atoms with van der Waals surface area (Å²) < 4.78 is 0. The zero-order valence-electron chi connectivity index (χ0n) is 24.5. The molecule has 1 saturated heterocycles. The second-order valence-corrected chi connectivity index (χ2v) is 10.8. The molecule has 0 bridgehead atoms. The second-order valence-electron chi connectivity index (χ2n) is 10.8. The third-order valence-electron chi connectivity index (χ3n) is 7.59. The molecule has 214 valence electrons. The van der Waals surface area contributed by atoms with E-state index in [-0.39, 0.29) is 17.9 Å². The monoisotopic (exact) mass is 552 g/mol. The minimum absolute atomic E-state index is 0.0246. The number of likely N-dealkylation sites (tertiary alicyclic amines) is 1. The van der Waals surface area contributed by atoms with Gasteiger partial charge in [-0.15, -0.1) is 0 Å². The van der Waals surface area contributed by atoms with Crippen LogP contribution in [0.15, 0.2) is 66.5 Å². The molecule has 1 aliphatic heterocycles. The number of hydrogen-bond acceptors (Lipinski definition) is 6. The summed E-state index contributed by atoms with van der Waals surface area (Å²) in [6, 6.07) is 17.7. The highest BCUT2D eigenvalue weighted by molar-refractivity contribution is 6.09. The number of rotatable bonds is 9. The van der Waals surface area contributed by atoms with Crippen molar-refractivity contribution in [3.8, 4) is 0 Å². The number of aromatic nitrogens is 1. The molecule has 2 aromatic carbocycles. The number of pyridine rings is 1. The molecule has 0 spiro atoms. The van der Waals surface area contributed by atoms with E-state index in [0.717, 1.165) is 41.1 Å². The molecule has 1 fully saturated rings. The third kappa shape index (κ3) is 7.20. The van der Waals surface area contributed by atoms with Gasteiger partial charge < -0.3 is 26.3 Å². The Hall–Kier alpha value is -4.46. The molecule has 0 radical (unpaired) electrons. The molecular formula is C33H40N6O2. The lowest BCUT2D eigenvalue weighted by Gasteiger charge is -2.32. The fourth-order valence-electron chi connectivity index (χ4n) is 5.07. The number of carbonyl (C=O) groups excluding carboxylic acids is 2. The molecule has 2 heterocycles. The molecule has 0 atom stereocenters. The Morgan fingerprint density at radius 3 is 2.24 bits per heavy atom. The summed E-state index contributed by atoms with van der Waals surface area (Å²) in [7, 11) is 1.86. The summed E-state index contributed by atoms with van der Waals surface area (Å²) >= 11 is 0.